The van der Waals surface area contributed by atoms with E-state index < -0.39 is 15.8 Å². The highest BCUT2D eigenvalue weighted by Crippen LogP contribution is 2.31. The molecule has 0 spiro atoms. The van der Waals surface area contributed by atoms with Gasteiger partial charge in [-0.15, -0.1) is 12.4 Å². The summed E-state index contributed by atoms with van der Waals surface area (Å²) in [7, 11) is -3.78. The average molecular weight is 323 g/mol. The van der Waals surface area contributed by atoms with E-state index in [0.717, 1.165) is 6.07 Å². The lowest BCUT2D eigenvalue weighted by molar-refractivity contribution is 0.155. The van der Waals surface area contributed by atoms with Gasteiger partial charge >= 0.3 is 0 Å². The van der Waals surface area contributed by atoms with Gasteiger partial charge in [0.2, 0.25) is 10.0 Å². The Labute approximate surface area is 125 Å². The van der Waals surface area contributed by atoms with Gasteiger partial charge in [0, 0.05) is 19.1 Å². The number of piperidine rings is 1. The van der Waals surface area contributed by atoms with Crippen LogP contribution in [-0.2, 0) is 10.0 Å². The number of benzene rings is 1. The van der Waals surface area contributed by atoms with E-state index in [1.165, 1.54) is 22.5 Å². The second kappa shape index (κ2) is 5.97. The molecule has 0 radical (unpaired) electrons. The highest BCUT2D eigenvalue weighted by molar-refractivity contribution is 7.89. The van der Waals surface area contributed by atoms with Crippen LogP contribution in [0, 0.1) is 11.2 Å². The predicted molar refractivity (Wildman–Crippen MR) is 78.8 cm³/mol. The van der Waals surface area contributed by atoms with Gasteiger partial charge < -0.3 is 5.73 Å². The molecule has 1 fully saturated rings. The molecule has 1 aromatic rings. The topological polar surface area (TPSA) is 63.4 Å². The molecule has 1 saturated heterocycles. The van der Waals surface area contributed by atoms with Crippen LogP contribution in [-0.4, -0.2) is 31.9 Å². The fraction of sp³-hybridized carbons (Fsp3) is 0.538. The van der Waals surface area contributed by atoms with Gasteiger partial charge in [0.25, 0.3) is 0 Å². The van der Waals surface area contributed by atoms with Gasteiger partial charge in [-0.05, 0) is 24.0 Å². The number of nitrogens with zero attached hydrogens (tertiary/aromatic N) is 1. The van der Waals surface area contributed by atoms with E-state index in [1.54, 1.807) is 0 Å². The number of halogens is 2. The first-order chi connectivity index (χ1) is 8.75. The van der Waals surface area contributed by atoms with Crippen LogP contribution in [0.3, 0.4) is 0 Å². The molecule has 1 heterocycles. The molecule has 1 aliphatic heterocycles. The van der Waals surface area contributed by atoms with Crippen LogP contribution in [0.25, 0.3) is 0 Å². The summed E-state index contributed by atoms with van der Waals surface area (Å²) in [6, 6.07) is 5.42. The minimum absolute atomic E-state index is 0. The third kappa shape index (κ3) is 3.14. The summed E-state index contributed by atoms with van der Waals surface area (Å²) in [6.07, 6.45) is 0.584. The fourth-order valence-corrected chi connectivity index (χ4v) is 4.01. The molecule has 114 valence electrons. The SMILES string of the molecule is CC1(C)CN(S(=O)(=O)c2ccccc2F)CCC1N.Cl. The Morgan fingerprint density at radius 3 is 2.50 bits per heavy atom. The van der Waals surface area contributed by atoms with Gasteiger partial charge in [-0.1, -0.05) is 26.0 Å². The minimum atomic E-state index is -3.78. The molecule has 1 aliphatic rings. The highest BCUT2D eigenvalue weighted by atomic mass is 35.5. The summed E-state index contributed by atoms with van der Waals surface area (Å²) < 4.78 is 39.9. The van der Waals surface area contributed by atoms with Gasteiger partial charge in [0.15, 0.2) is 0 Å². The second-order valence-electron chi connectivity index (χ2n) is 5.65. The predicted octanol–water partition coefficient (Wildman–Crippen LogP) is 2.00. The highest BCUT2D eigenvalue weighted by Gasteiger charge is 2.39. The van der Waals surface area contributed by atoms with Crippen molar-refractivity contribution in [2.45, 2.75) is 31.2 Å². The maximum atomic E-state index is 13.7. The number of hydrogen-bond donors (Lipinski definition) is 1. The van der Waals surface area contributed by atoms with Gasteiger partial charge in [0.1, 0.15) is 10.7 Å². The second-order valence-corrected chi connectivity index (χ2v) is 7.56. The summed E-state index contributed by atoms with van der Waals surface area (Å²) in [5.41, 5.74) is 5.68. The van der Waals surface area contributed by atoms with Crippen molar-refractivity contribution in [2.24, 2.45) is 11.1 Å². The monoisotopic (exact) mass is 322 g/mol. The zero-order chi connectivity index (χ0) is 14.3. The van der Waals surface area contributed by atoms with Crippen LogP contribution in [0.2, 0.25) is 0 Å². The molecule has 20 heavy (non-hydrogen) atoms. The van der Waals surface area contributed by atoms with E-state index >= 15 is 0 Å². The summed E-state index contributed by atoms with van der Waals surface area (Å²) in [4.78, 5) is -0.263. The van der Waals surface area contributed by atoms with Crippen LogP contribution < -0.4 is 5.73 Å². The first-order valence-corrected chi connectivity index (χ1v) is 7.69. The molecular formula is C13H20ClFN2O2S. The molecule has 0 saturated carbocycles. The molecular weight excluding hydrogens is 303 g/mol. The molecule has 0 aliphatic carbocycles. The molecule has 1 aromatic carbocycles. The Morgan fingerprint density at radius 2 is 1.95 bits per heavy atom. The summed E-state index contributed by atoms with van der Waals surface area (Å²) in [6.45, 7) is 4.51. The van der Waals surface area contributed by atoms with Crippen molar-refractivity contribution < 1.29 is 12.8 Å². The van der Waals surface area contributed by atoms with E-state index in [9.17, 15) is 12.8 Å². The van der Waals surface area contributed by atoms with Gasteiger partial charge in [0.05, 0.1) is 0 Å². The molecule has 0 aromatic heterocycles. The Kier molecular flexibility index (Phi) is 5.18. The molecule has 4 nitrogen and oxygen atoms in total. The Hall–Kier alpha value is -0.690. The van der Waals surface area contributed by atoms with Crippen molar-refractivity contribution in [2.75, 3.05) is 13.1 Å². The van der Waals surface area contributed by atoms with Crippen molar-refractivity contribution in [1.82, 2.24) is 4.31 Å². The third-order valence-electron chi connectivity index (χ3n) is 3.73. The van der Waals surface area contributed by atoms with Crippen molar-refractivity contribution in [3.8, 4) is 0 Å². The molecule has 1 unspecified atom stereocenters. The number of nitrogens with two attached hydrogens (primary N) is 1. The van der Waals surface area contributed by atoms with Gasteiger partial charge in [-0.25, -0.2) is 12.8 Å². The quantitative estimate of drug-likeness (QED) is 0.905. The Morgan fingerprint density at radius 1 is 1.35 bits per heavy atom. The molecule has 0 amide bonds. The lowest BCUT2D eigenvalue weighted by atomic mass is 9.81. The summed E-state index contributed by atoms with van der Waals surface area (Å²) in [5.74, 6) is -0.713. The molecule has 0 bridgehead atoms. The van der Waals surface area contributed by atoms with E-state index in [0.29, 0.717) is 19.5 Å². The number of sulfonamides is 1. The van der Waals surface area contributed by atoms with Crippen LogP contribution in [0.1, 0.15) is 20.3 Å². The maximum absolute atomic E-state index is 13.7. The lowest BCUT2D eigenvalue weighted by Crippen LogP contribution is -2.53. The van der Waals surface area contributed by atoms with Crippen LogP contribution in [0.5, 0.6) is 0 Å². The smallest absolute Gasteiger partial charge is 0.246 e. The minimum Gasteiger partial charge on any atom is -0.327 e. The molecule has 2 N–H and O–H groups in total. The van der Waals surface area contributed by atoms with Gasteiger partial charge in [-0.3, -0.25) is 0 Å². The van der Waals surface area contributed by atoms with E-state index in [-0.39, 0.29) is 28.8 Å². The van der Waals surface area contributed by atoms with Crippen molar-refractivity contribution in [1.29, 1.82) is 0 Å². The van der Waals surface area contributed by atoms with E-state index in [2.05, 4.69) is 0 Å². The van der Waals surface area contributed by atoms with Crippen molar-refractivity contribution in [3.05, 3.63) is 30.1 Å². The first kappa shape index (κ1) is 17.4. The van der Waals surface area contributed by atoms with Crippen LogP contribution in [0.4, 0.5) is 4.39 Å². The van der Waals surface area contributed by atoms with Crippen molar-refractivity contribution in [3.63, 3.8) is 0 Å². The molecule has 7 heteroatoms. The van der Waals surface area contributed by atoms with Crippen LogP contribution in [0.15, 0.2) is 29.2 Å². The number of hydrogen-bond acceptors (Lipinski definition) is 3. The summed E-state index contributed by atoms with van der Waals surface area (Å²) in [5, 5.41) is 0. The Balaban J connectivity index is 0.00000200. The normalized spacial score (nSPS) is 23.1. The van der Waals surface area contributed by atoms with Crippen molar-refractivity contribution >= 4 is 22.4 Å². The zero-order valence-electron chi connectivity index (χ0n) is 11.5. The van der Waals surface area contributed by atoms with Crippen LogP contribution >= 0.6 is 12.4 Å². The van der Waals surface area contributed by atoms with E-state index in [4.69, 9.17) is 5.73 Å². The van der Waals surface area contributed by atoms with E-state index in [1.807, 2.05) is 13.8 Å². The Bertz CT molecular complexity index is 577. The molecule has 2 rings (SSSR count). The lowest BCUT2D eigenvalue weighted by Gasteiger charge is -2.41. The average Bonchev–Trinajstić information content (AvgIpc) is 2.32. The largest absolute Gasteiger partial charge is 0.327 e. The summed E-state index contributed by atoms with van der Waals surface area (Å²) >= 11 is 0. The van der Waals surface area contributed by atoms with Gasteiger partial charge in [-0.2, -0.15) is 4.31 Å². The third-order valence-corrected chi connectivity index (χ3v) is 5.61. The fourth-order valence-electron chi connectivity index (χ4n) is 2.32. The molecule has 1 atom stereocenters. The standard InChI is InChI=1S/C13H19FN2O2S.ClH/c1-13(2)9-16(8-7-12(13)15)19(17,18)11-6-4-3-5-10(11)14;/h3-6,12H,7-9,15H2,1-2H3;1H. The number of rotatable bonds is 2. The maximum Gasteiger partial charge on any atom is 0.246 e. The zero-order valence-corrected chi connectivity index (χ0v) is 13.2. The first-order valence-electron chi connectivity index (χ1n) is 6.25.